The van der Waals surface area contributed by atoms with Gasteiger partial charge in [-0.25, -0.2) is 0 Å². The lowest BCUT2D eigenvalue weighted by Gasteiger charge is -2.26. The highest BCUT2D eigenvalue weighted by Gasteiger charge is 2.08. The van der Waals surface area contributed by atoms with E-state index in [4.69, 9.17) is 4.74 Å². The number of nitrogens with zero attached hydrogens (tertiary/aromatic N) is 1. The average molecular weight is 215 g/mol. The van der Waals surface area contributed by atoms with Crippen molar-refractivity contribution in [1.29, 1.82) is 0 Å². The normalized spacial score (nSPS) is 17.7. The fourth-order valence-corrected chi connectivity index (χ4v) is 1.51. The minimum Gasteiger partial charge on any atom is -0.379 e. The zero-order chi connectivity index (χ0) is 10.9. The van der Waals surface area contributed by atoms with Crippen LogP contribution in [0.15, 0.2) is 0 Å². The number of ether oxygens (including phenoxy) is 1. The molecule has 1 aliphatic heterocycles. The van der Waals surface area contributed by atoms with Crippen molar-refractivity contribution in [2.45, 2.75) is 6.92 Å². The van der Waals surface area contributed by atoms with Crippen molar-refractivity contribution < 1.29 is 9.53 Å². The Morgan fingerprint density at radius 2 is 2.00 bits per heavy atom. The Balaban J connectivity index is 1.85. The van der Waals surface area contributed by atoms with Crippen molar-refractivity contribution in [3.63, 3.8) is 0 Å². The van der Waals surface area contributed by atoms with Crippen LogP contribution < -0.4 is 10.6 Å². The van der Waals surface area contributed by atoms with E-state index in [0.29, 0.717) is 6.54 Å². The highest BCUT2D eigenvalue weighted by molar-refractivity contribution is 5.72. The molecule has 5 heteroatoms. The molecule has 1 heterocycles. The van der Waals surface area contributed by atoms with E-state index in [9.17, 15) is 4.79 Å². The summed E-state index contributed by atoms with van der Waals surface area (Å²) in [5.41, 5.74) is 0. The number of amides is 1. The predicted molar refractivity (Wildman–Crippen MR) is 58.8 cm³/mol. The topological polar surface area (TPSA) is 53.6 Å². The van der Waals surface area contributed by atoms with E-state index >= 15 is 0 Å². The average Bonchev–Trinajstić information content (AvgIpc) is 2.24. The van der Waals surface area contributed by atoms with E-state index in [1.54, 1.807) is 0 Å². The molecule has 15 heavy (non-hydrogen) atoms. The fourth-order valence-electron chi connectivity index (χ4n) is 1.51. The van der Waals surface area contributed by atoms with Crippen LogP contribution in [0.5, 0.6) is 0 Å². The monoisotopic (exact) mass is 215 g/mol. The quantitative estimate of drug-likeness (QED) is 0.561. The van der Waals surface area contributed by atoms with E-state index in [1.807, 2.05) is 0 Å². The van der Waals surface area contributed by atoms with Crippen LogP contribution in [0.3, 0.4) is 0 Å². The lowest BCUT2D eigenvalue weighted by molar-refractivity contribution is -0.118. The molecule has 0 aromatic carbocycles. The van der Waals surface area contributed by atoms with Crippen LogP contribution in [0.25, 0.3) is 0 Å². The Morgan fingerprint density at radius 1 is 1.27 bits per heavy atom. The Labute approximate surface area is 91.2 Å². The van der Waals surface area contributed by atoms with Gasteiger partial charge in [-0.3, -0.25) is 9.69 Å². The van der Waals surface area contributed by atoms with Crippen molar-refractivity contribution >= 4 is 5.91 Å². The molecule has 88 valence electrons. The van der Waals surface area contributed by atoms with Gasteiger partial charge < -0.3 is 15.4 Å². The van der Waals surface area contributed by atoms with Crippen LogP contribution in [0, 0.1) is 0 Å². The Hall–Kier alpha value is -0.650. The molecular weight excluding hydrogens is 194 g/mol. The highest BCUT2D eigenvalue weighted by atomic mass is 16.5. The Kier molecular flexibility index (Phi) is 6.31. The summed E-state index contributed by atoms with van der Waals surface area (Å²) in [6, 6.07) is 0. The molecule has 1 fully saturated rings. The first kappa shape index (κ1) is 12.4. The van der Waals surface area contributed by atoms with Crippen LogP contribution in [0.2, 0.25) is 0 Å². The van der Waals surface area contributed by atoms with Gasteiger partial charge in [-0.15, -0.1) is 0 Å². The van der Waals surface area contributed by atoms with Crippen LogP contribution in [0.4, 0.5) is 0 Å². The molecule has 0 aromatic rings. The van der Waals surface area contributed by atoms with Gasteiger partial charge in [-0.2, -0.15) is 0 Å². The third-order valence-electron chi connectivity index (χ3n) is 2.38. The van der Waals surface area contributed by atoms with Crippen molar-refractivity contribution in [3.05, 3.63) is 0 Å². The first-order valence-corrected chi connectivity index (χ1v) is 5.54. The van der Waals surface area contributed by atoms with E-state index in [1.165, 1.54) is 6.92 Å². The van der Waals surface area contributed by atoms with E-state index in [-0.39, 0.29) is 5.91 Å². The largest absolute Gasteiger partial charge is 0.379 e. The number of morpholine rings is 1. The second-order valence-corrected chi connectivity index (χ2v) is 3.69. The zero-order valence-corrected chi connectivity index (χ0v) is 9.42. The molecule has 1 rings (SSSR count). The van der Waals surface area contributed by atoms with Gasteiger partial charge in [0, 0.05) is 46.2 Å². The molecule has 0 spiro atoms. The third-order valence-corrected chi connectivity index (χ3v) is 2.38. The minimum absolute atomic E-state index is 0.0324. The smallest absolute Gasteiger partial charge is 0.216 e. The van der Waals surface area contributed by atoms with Gasteiger partial charge in [0.15, 0.2) is 0 Å². The summed E-state index contributed by atoms with van der Waals surface area (Å²) in [4.78, 5) is 12.9. The van der Waals surface area contributed by atoms with Crippen molar-refractivity contribution in [1.82, 2.24) is 15.5 Å². The maximum Gasteiger partial charge on any atom is 0.216 e. The fraction of sp³-hybridized carbons (Fsp3) is 0.900. The summed E-state index contributed by atoms with van der Waals surface area (Å²) >= 11 is 0. The predicted octanol–water partition coefficient (Wildman–Crippen LogP) is -0.956. The standard InChI is InChI=1S/C10H21N3O2/c1-10(14)12-3-2-11-4-5-13-6-8-15-9-7-13/h11H,2-9H2,1H3,(H,12,14). The third kappa shape index (κ3) is 6.43. The molecule has 0 atom stereocenters. The molecule has 0 radical (unpaired) electrons. The van der Waals surface area contributed by atoms with Gasteiger partial charge in [0.05, 0.1) is 13.2 Å². The molecule has 5 nitrogen and oxygen atoms in total. The number of carbonyl (C=O) groups is 1. The van der Waals surface area contributed by atoms with Gasteiger partial charge in [-0.05, 0) is 0 Å². The molecule has 1 amide bonds. The molecule has 1 saturated heterocycles. The first-order valence-electron chi connectivity index (χ1n) is 5.54. The molecule has 0 saturated carbocycles. The zero-order valence-electron chi connectivity index (χ0n) is 9.42. The number of nitrogens with one attached hydrogen (secondary N) is 2. The minimum atomic E-state index is 0.0324. The summed E-state index contributed by atoms with van der Waals surface area (Å²) in [5, 5.41) is 6.04. The molecule has 1 aliphatic rings. The van der Waals surface area contributed by atoms with Crippen LogP contribution in [-0.2, 0) is 9.53 Å². The SMILES string of the molecule is CC(=O)NCCNCCN1CCOCC1. The maximum atomic E-state index is 10.6. The van der Waals surface area contributed by atoms with Gasteiger partial charge in [-0.1, -0.05) is 0 Å². The van der Waals surface area contributed by atoms with Gasteiger partial charge in [0.25, 0.3) is 0 Å². The molecule has 0 unspecified atom stereocenters. The molecule has 2 N–H and O–H groups in total. The lowest BCUT2D eigenvalue weighted by Crippen LogP contribution is -2.41. The molecular formula is C10H21N3O2. The number of hydrogen-bond acceptors (Lipinski definition) is 4. The number of hydrogen-bond donors (Lipinski definition) is 2. The number of rotatable bonds is 6. The second-order valence-electron chi connectivity index (χ2n) is 3.69. The van der Waals surface area contributed by atoms with E-state index < -0.39 is 0 Å². The van der Waals surface area contributed by atoms with Crippen LogP contribution in [0.1, 0.15) is 6.92 Å². The second kappa shape index (κ2) is 7.62. The number of carbonyl (C=O) groups excluding carboxylic acids is 1. The van der Waals surface area contributed by atoms with Crippen LogP contribution >= 0.6 is 0 Å². The lowest BCUT2D eigenvalue weighted by atomic mass is 10.4. The first-order chi connectivity index (χ1) is 7.29. The summed E-state index contributed by atoms with van der Waals surface area (Å²) < 4.78 is 5.26. The van der Waals surface area contributed by atoms with Gasteiger partial charge in [0.2, 0.25) is 5.91 Å². The Bertz CT molecular complexity index is 182. The van der Waals surface area contributed by atoms with E-state index in [0.717, 1.165) is 45.9 Å². The van der Waals surface area contributed by atoms with Crippen molar-refractivity contribution in [2.24, 2.45) is 0 Å². The summed E-state index contributed by atoms with van der Waals surface area (Å²) in [6.45, 7) is 8.89. The highest BCUT2D eigenvalue weighted by Crippen LogP contribution is 1.94. The van der Waals surface area contributed by atoms with Gasteiger partial charge in [0.1, 0.15) is 0 Å². The van der Waals surface area contributed by atoms with Crippen LogP contribution in [-0.4, -0.2) is 63.3 Å². The summed E-state index contributed by atoms with van der Waals surface area (Å²) in [7, 11) is 0. The molecule has 0 aliphatic carbocycles. The van der Waals surface area contributed by atoms with Gasteiger partial charge >= 0.3 is 0 Å². The van der Waals surface area contributed by atoms with Crippen molar-refractivity contribution in [3.8, 4) is 0 Å². The van der Waals surface area contributed by atoms with Crippen molar-refractivity contribution in [2.75, 3.05) is 52.5 Å². The molecule has 0 aromatic heterocycles. The molecule has 0 bridgehead atoms. The Morgan fingerprint density at radius 3 is 2.67 bits per heavy atom. The maximum absolute atomic E-state index is 10.6. The summed E-state index contributed by atoms with van der Waals surface area (Å²) in [6.07, 6.45) is 0. The van der Waals surface area contributed by atoms with E-state index in [2.05, 4.69) is 15.5 Å². The summed E-state index contributed by atoms with van der Waals surface area (Å²) in [5.74, 6) is 0.0324.